The number of carbonyl (C=O) groups excluding carboxylic acids is 2. The Bertz CT molecular complexity index is 806. The average Bonchev–Trinajstić information content (AvgIpc) is 3.06. The summed E-state index contributed by atoms with van der Waals surface area (Å²) in [5.41, 5.74) is 3.15. The summed E-state index contributed by atoms with van der Waals surface area (Å²) in [4.78, 5) is 26.0. The molecule has 5 heteroatoms. The molecule has 2 heterocycles. The molecule has 126 valence electrons. The third-order valence-corrected chi connectivity index (χ3v) is 4.63. The number of likely N-dealkylation sites (tertiary alicyclic amines) is 1. The van der Waals surface area contributed by atoms with Gasteiger partial charge in [-0.25, -0.2) is 0 Å². The second kappa shape index (κ2) is 6.51. The predicted molar refractivity (Wildman–Crippen MR) is 95.9 cm³/mol. The number of carbonyl (C=O) groups is 2. The van der Waals surface area contributed by atoms with Gasteiger partial charge in [-0.2, -0.15) is 0 Å². The van der Waals surface area contributed by atoms with Gasteiger partial charge >= 0.3 is 0 Å². The zero-order valence-electron chi connectivity index (χ0n) is 14.2. The molecule has 0 radical (unpaired) electrons. The maximum Gasteiger partial charge on any atom is 0.229 e. The van der Waals surface area contributed by atoms with Crippen molar-refractivity contribution < 1.29 is 9.59 Å². The Hall–Kier alpha value is -2.56. The van der Waals surface area contributed by atoms with E-state index in [-0.39, 0.29) is 24.2 Å². The molecule has 1 atom stereocenters. The van der Waals surface area contributed by atoms with Crippen LogP contribution in [0.5, 0.6) is 0 Å². The molecular weight excluding hydrogens is 302 g/mol. The van der Waals surface area contributed by atoms with Crippen molar-refractivity contribution in [3.63, 3.8) is 0 Å². The number of aromatic nitrogens is 1. The fourth-order valence-electron chi connectivity index (χ4n) is 3.43. The van der Waals surface area contributed by atoms with E-state index in [0.717, 1.165) is 17.6 Å². The molecule has 2 amide bonds. The highest BCUT2D eigenvalue weighted by atomic mass is 16.2. The molecule has 0 bridgehead atoms. The van der Waals surface area contributed by atoms with Crippen LogP contribution in [0.4, 0.5) is 5.69 Å². The number of aryl methyl sites for hydroxylation is 2. The summed E-state index contributed by atoms with van der Waals surface area (Å²) in [6.45, 7) is 9.73. The number of rotatable bonds is 5. The van der Waals surface area contributed by atoms with Crippen LogP contribution in [0.1, 0.15) is 19.0 Å². The van der Waals surface area contributed by atoms with Crippen LogP contribution in [0.25, 0.3) is 10.9 Å². The second-order valence-electron chi connectivity index (χ2n) is 6.28. The van der Waals surface area contributed by atoms with Crippen molar-refractivity contribution in [2.24, 2.45) is 5.92 Å². The fourth-order valence-corrected chi connectivity index (χ4v) is 3.43. The summed E-state index contributed by atoms with van der Waals surface area (Å²) >= 11 is 0. The Kier molecular flexibility index (Phi) is 4.42. The van der Waals surface area contributed by atoms with Crippen molar-refractivity contribution in [3.05, 3.63) is 42.6 Å². The Balaban J connectivity index is 1.74. The number of anilines is 1. The van der Waals surface area contributed by atoms with Crippen molar-refractivity contribution in [2.45, 2.75) is 26.8 Å². The Morgan fingerprint density at radius 1 is 1.42 bits per heavy atom. The lowest BCUT2D eigenvalue weighted by molar-refractivity contribution is -0.127. The standard InChI is InChI=1S/C19H23N3O2/c1-4-8-21-12-15(11-18(21)23)19(24)20-16-6-7-17-14(10-16)9-13(3)22(17)5-2/h4,6-7,9-10,15H,1,5,8,11-12H2,2-3H3,(H,20,24). The van der Waals surface area contributed by atoms with Crippen molar-refractivity contribution in [3.8, 4) is 0 Å². The summed E-state index contributed by atoms with van der Waals surface area (Å²) in [7, 11) is 0. The van der Waals surface area contributed by atoms with Crippen LogP contribution in [0.2, 0.25) is 0 Å². The van der Waals surface area contributed by atoms with E-state index in [1.807, 2.05) is 18.2 Å². The van der Waals surface area contributed by atoms with Gasteiger partial charge in [-0.3, -0.25) is 9.59 Å². The molecule has 5 nitrogen and oxygen atoms in total. The summed E-state index contributed by atoms with van der Waals surface area (Å²) in [6, 6.07) is 8.07. The fraction of sp³-hybridized carbons (Fsp3) is 0.368. The normalized spacial score (nSPS) is 17.5. The molecule has 1 saturated heterocycles. The minimum absolute atomic E-state index is 0.0150. The van der Waals surface area contributed by atoms with Crippen molar-refractivity contribution in [1.82, 2.24) is 9.47 Å². The lowest BCUT2D eigenvalue weighted by Crippen LogP contribution is -2.28. The molecule has 1 aromatic heterocycles. The van der Waals surface area contributed by atoms with Gasteiger partial charge in [-0.05, 0) is 38.1 Å². The monoisotopic (exact) mass is 325 g/mol. The molecule has 1 aliphatic rings. The zero-order valence-corrected chi connectivity index (χ0v) is 14.2. The van der Waals surface area contributed by atoms with Gasteiger partial charge in [0.25, 0.3) is 0 Å². The molecule has 0 saturated carbocycles. The van der Waals surface area contributed by atoms with E-state index in [0.29, 0.717) is 13.1 Å². The van der Waals surface area contributed by atoms with Crippen molar-refractivity contribution in [2.75, 3.05) is 18.4 Å². The average molecular weight is 325 g/mol. The number of nitrogens with one attached hydrogen (secondary N) is 1. The molecular formula is C19H23N3O2. The van der Waals surface area contributed by atoms with E-state index in [1.165, 1.54) is 11.2 Å². The van der Waals surface area contributed by atoms with E-state index in [1.54, 1.807) is 11.0 Å². The SMILES string of the molecule is C=CCN1CC(C(=O)Nc2ccc3c(c2)cc(C)n3CC)CC1=O. The Morgan fingerprint density at radius 3 is 2.92 bits per heavy atom. The zero-order chi connectivity index (χ0) is 17.3. The molecule has 3 rings (SSSR count). The molecule has 0 spiro atoms. The highest BCUT2D eigenvalue weighted by molar-refractivity contribution is 5.98. The van der Waals surface area contributed by atoms with E-state index in [4.69, 9.17) is 0 Å². The number of hydrogen-bond donors (Lipinski definition) is 1. The smallest absolute Gasteiger partial charge is 0.229 e. The van der Waals surface area contributed by atoms with Crippen molar-refractivity contribution in [1.29, 1.82) is 0 Å². The van der Waals surface area contributed by atoms with Crippen LogP contribution in [0, 0.1) is 12.8 Å². The number of nitrogens with zero attached hydrogens (tertiary/aromatic N) is 2. The van der Waals surface area contributed by atoms with Crippen LogP contribution >= 0.6 is 0 Å². The van der Waals surface area contributed by atoms with Crippen LogP contribution in [0.15, 0.2) is 36.9 Å². The molecule has 1 aromatic carbocycles. The Labute approximate surface area is 141 Å². The van der Waals surface area contributed by atoms with E-state index in [9.17, 15) is 9.59 Å². The van der Waals surface area contributed by atoms with Gasteiger partial charge in [0.05, 0.1) is 5.92 Å². The molecule has 1 fully saturated rings. The van der Waals surface area contributed by atoms with Gasteiger partial charge in [0.15, 0.2) is 0 Å². The highest BCUT2D eigenvalue weighted by Crippen LogP contribution is 2.25. The van der Waals surface area contributed by atoms with E-state index < -0.39 is 0 Å². The third kappa shape index (κ3) is 2.94. The van der Waals surface area contributed by atoms with Gasteiger partial charge in [-0.15, -0.1) is 6.58 Å². The summed E-state index contributed by atoms with van der Waals surface area (Å²) in [5, 5.41) is 4.07. The second-order valence-corrected chi connectivity index (χ2v) is 6.28. The largest absolute Gasteiger partial charge is 0.345 e. The van der Waals surface area contributed by atoms with Crippen LogP contribution in [-0.2, 0) is 16.1 Å². The number of fused-ring (bicyclic) bond motifs is 1. The maximum atomic E-state index is 12.5. The first-order valence-electron chi connectivity index (χ1n) is 8.33. The lowest BCUT2D eigenvalue weighted by atomic mass is 10.1. The first-order chi connectivity index (χ1) is 11.5. The molecule has 24 heavy (non-hydrogen) atoms. The first kappa shape index (κ1) is 16.3. The van der Waals surface area contributed by atoms with E-state index >= 15 is 0 Å². The summed E-state index contributed by atoms with van der Waals surface area (Å²) < 4.78 is 2.24. The van der Waals surface area contributed by atoms with Crippen LogP contribution in [0.3, 0.4) is 0 Å². The van der Waals surface area contributed by atoms with E-state index in [2.05, 4.69) is 36.4 Å². The van der Waals surface area contributed by atoms with Gasteiger partial charge < -0.3 is 14.8 Å². The lowest BCUT2D eigenvalue weighted by Gasteiger charge is -2.14. The minimum Gasteiger partial charge on any atom is -0.345 e. The molecule has 1 N–H and O–H groups in total. The highest BCUT2D eigenvalue weighted by Gasteiger charge is 2.33. The van der Waals surface area contributed by atoms with Crippen molar-refractivity contribution >= 4 is 28.4 Å². The summed E-state index contributed by atoms with van der Waals surface area (Å²) in [5.74, 6) is -0.378. The van der Waals surface area contributed by atoms with Crippen LogP contribution < -0.4 is 5.32 Å². The minimum atomic E-state index is -0.296. The van der Waals surface area contributed by atoms with Crippen LogP contribution in [-0.4, -0.2) is 34.4 Å². The molecule has 0 aliphatic carbocycles. The Morgan fingerprint density at radius 2 is 2.21 bits per heavy atom. The van der Waals surface area contributed by atoms with Gasteiger partial charge in [0.1, 0.15) is 0 Å². The van der Waals surface area contributed by atoms with Gasteiger partial charge in [-0.1, -0.05) is 6.08 Å². The molecule has 2 aromatic rings. The van der Waals surface area contributed by atoms with Gasteiger partial charge in [0, 0.05) is 48.3 Å². The topological polar surface area (TPSA) is 54.3 Å². The maximum absolute atomic E-state index is 12.5. The molecule has 1 aliphatic heterocycles. The number of benzene rings is 1. The quantitative estimate of drug-likeness (QED) is 0.859. The first-order valence-corrected chi connectivity index (χ1v) is 8.33. The number of hydrogen-bond acceptors (Lipinski definition) is 2. The molecule has 1 unspecified atom stereocenters. The summed E-state index contributed by atoms with van der Waals surface area (Å²) in [6.07, 6.45) is 1.96. The third-order valence-electron chi connectivity index (χ3n) is 4.63. The number of amides is 2. The van der Waals surface area contributed by atoms with Gasteiger partial charge in [0.2, 0.25) is 11.8 Å². The predicted octanol–water partition coefficient (Wildman–Crippen LogP) is 2.94.